The van der Waals surface area contributed by atoms with Gasteiger partial charge >= 0.3 is 5.97 Å². The van der Waals surface area contributed by atoms with Crippen LogP contribution in [0.2, 0.25) is 0 Å². The first kappa shape index (κ1) is 17.9. The molecule has 2 rings (SSSR count). The normalized spacial score (nSPS) is 11.8. The van der Waals surface area contributed by atoms with Crippen molar-refractivity contribution >= 4 is 11.7 Å². The predicted octanol–water partition coefficient (Wildman–Crippen LogP) is 3.73. The lowest BCUT2D eigenvalue weighted by atomic mass is 9.90. The molecular weight excluding hydrogens is 302 g/mol. The first-order chi connectivity index (χ1) is 11.5. The number of aliphatic carboxylic acids is 1. The van der Waals surface area contributed by atoms with Crippen molar-refractivity contribution in [1.82, 2.24) is 0 Å². The largest absolute Gasteiger partial charge is 0.496 e. The molecule has 0 radical (unpaired) electrons. The number of aryl methyl sites for hydroxylation is 1. The summed E-state index contributed by atoms with van der Waals surface area (Å²) in [4.78, 5) is 13.8. The molecular formula is C20H25NO3. The van der Waals surface area contributed by atoms with Crippen LogP contribution in [0.5, 0.6) is 5.75 Å². The smallest absolute Gasteiger partial charge is 0.311 e. The average Bonchev–Trinajstić information content (AvgIpc) is 2.59. The zero-order valence-electron chi connectivity index (χ0n) is 14.7. The highest BCUT2D eigenvalue weighted by molar-refractivity contribution is 5.77. The lowest BCUT2D eigenvalue weighted by Gasteiger charge is -2.18. The molecule has 4 heteroatoms. The lowest BCUT2D eigenvalue weighted by Crippen LogP contribution is -2.15. The van der Waals surface area contributed by atoms with E-state index >= 15 is 0 Å². The zero-order chi connectivity index (χ0) is 17.7. The Kier molecular flexibility index (Phi) is 5.85. The van der Waals surface area contributed by atoms with Crippen LogP contribution in [-0.2, 0) is 17.6 Å². The number of hydrogen-bond donors (Lipinski definition) is 1. The van der Waals surface area contributed by atoms with Gasteiger partial charge in [0.1, 0.15) is 5.75 Å². The topological polar surface area (TPSA) is 49.8 Å². The quantitative estimate of drug-likeness (QED) is 0.842. The molecule has 0 aromatic heterocycles. The van der Waals surface area contributed by atoms with Crippen LogP contribution in [-0.4, -0.2) is 32.3 Å². The van der Waals surface area contributed by atoms with Gasteiger partial charge in [-0.05, 0) is 47.7 Å². The summed E-state index contributed by atoms with van der Waals surface area (Å²) in [6.07, 6.45) is 1.32. The van der Waals surface area contributed by atoms with E-state index in [1.807, 2.05) is 61.5 Å². The Balaban J connectivity index is 2.34. The molecule has 0 spiro atoms. The molecule has 1 unspecified atom stereocenters. The maximum Gasteiger partial charge on any atom is 0.311 e. The van der Waals surface area contributed by atoms with E-state index in [0.717, 1.165) is 29.0 Å². The van der Waals surface area contributed by atoms with Crippen LogP contribution in [0, 0.1) is 0 Å². The number of carboxylic acids is 1. The van der Waals surface area contributed by atoms with Crippen LogP contribution >= 0.6 is 0 Å². The molecule has 0 aliphatic heterocycles. The van der Waals surface area contributed by atoms with Gasteiger partial charge in [-0.2, -0.15) is 0 Å². The van der Waals surface area contributed by atoms with Crippen LogP contribution in [0.15, 0.2) is 42.5 Å². The number of rotatable bonds is 7. The lowest BCUT2D eigenvalue weighted by molar-refractivity contribution is -0.138. The van der Waals surface area contributed by atoms with Crippen molar-refractivity contribution in [3.8, 4) is 5.75 Å². The number of ether oxygens (including phenoxy) is 1. The molecule has 1 atom stereocenters. The van der Waals surface area contributed by atoms with Gasteiger partial charge in [0.05, 0.1) is 13.0 Å². The Hall–Kier alpha value is -2.49. The Labute approximate surface area is 143 Å². The molecule has 0 fully saturated rings. The van der Waals surface area contributed by atoms with Crippen molar-refractivity contribution in [2.45, 2.75) is 25.7 Å². The van der Waals surface area contributed by atoms with Gasteiger partial charge in [0.15, 0.2) is 0 Å². The summed E-state index contributed by atoms with van der Waals surface area (Å²) in [5.74, 6) is -0.679. The minimum atomic E-state index is -0.823. The number of nitrogens with zero attached hydrogens (tertiary/aromatic N) is 1. The predicted molar refractivity (Wildman–Crippen MR) is 97.2 cm³/mol. The van der Waals surface area contributed by atoms with Crippen molar-refractivity contribution in [2.75, 3.05) is 26.1 Å². The maximum absolute atomic E-state index is 11.8. The van der Waals surface area contributed by atoms with Gasteiger partial charge in [0.2, 0.25) is 0 Å². The summed E-state index contributed by atoms with van der Waals surface area (Å²) in [6, 6.07) is 13.7. The number of hydrogen-bond acceptors (Lipinski definition) is 3. The third kappa shape index (κ3) is 4.07. The minimum absolute atomic E-state index is 0.410. The van der Waals surface area contributed by atoms with Gasteiger partial charge < -0.3 is 14.7 Å². The van der Waals surface area contributed by atoms with E-state index in [1.54, 1.807) is 7.11 Å². The summed E-state index contributed by atoms with van der Waals surface area (Å²) in [5.41, 5.74) is 3.96. The second-order valence-electron chi connectivity index (χ2n) is 6.08. The molecule has 0 bridgehead atoms. The van der Waals surface area contributed by atoms with Crippen LogP contribution in [0.3, 0.4) is 0 Å². The standard InChI is InChI=1S/C20H25NO3/c1-5-14-6-11-19(24-4)16(12-14)13-18(20(22)23)15-7-9-17(10-8-15)21(2)3/h6-12,18H,5,13H2,1-4H3,(H,22,23). The SMILES string of the molecule is CCc1ccc(OC)c(CC(C(=O)O)c2ccc(N(C)C)cc2)c1. The molecule has 0 saturated carbocycles. The van der Waals surface area contributed by atoms with Crippen molar-refractivity contribution < 1.29 is 14.6 Å². The molecule has 0 heterocycles. The van der Waals surface area contributed by atoms with E-state index in [0.29, 0.717) is 6.42 Å². The van der Waals surface area contributed by atoms with Crippen LogP contribution < -0.4 is 9.64 Å². The fraction of sp³-hybridized carbons (Fsp3) is 0.350. The molecule has 2 aromatic carbocycles. The van der Waals surface area contributed by atoms with Crippen LogP contribution in [0.4, 0.5) is 5.69 Å². The molecule has 0 amide bonds. The summed E-state index contributed by atoms with van der Waals surface area (Å²) >= 11 is 0. The van der Waals surface area contributed by atoms with E-state index in [4.69, 9.17) is 4.74 Å². The highest BCUT2D eigenvalue weighted by Gasteiger charge is 2.22. The number of carboxylic acid groups (broad SMARTS) is 1. The molecule has 0 saturated heterocycles. The number of anilines is 1. The Morgan fingerprint density at radius 2 is 1.83 bits per heavy atom. The fourth-order valence-electron chi connectivity index (χ4n) is 2.78. The second kappa shape index (κ2) is 7.86. The van der Waals surface area contributed by atoms with Gasteiger partial charge in [-0.25, -0.2) is 0 Å². The Morgan fingerprint density at radius 3 is 2.33 bits per heavy atom. The van der Waals surface area contributed by atoms with Gasteiger partial charge in [0, 0.05) is 19.8 Å². The van der Waals surface area contributed by atoms with Crippen molar-refractivity contribution in [3.05, 3.63) is 59.2 Å². The van der Waals surface area contributed by atoms with Gasteiger partial charge in [0.25, 0.3) is 0 Å². The third-order valence-electron chi connectivity index (χ3n) is 4.29. The molecule has 128 valence electrons. The van der Waals surface area contributed by atoms with Crippen molar-refractivity contribution in [1.29, 1.82) is 0 Å². The number of methoxy groups -OCH3 is 1. The van der Waals surface area contributed by atoms with E-state index in [9.17, 15) is 9.90 Å². The average molecular weight is 327 g/mol. The molecule has 2 aromatic rings. The van der Waals surface area contributed by atoms with Gasteiger partial charge in [-0.15, -0.1) is 0 Å². The molecule has 0 aliphatic rings. The Bertz CT molecular complexity index is 693. The number of benzene rings is 2. The molecule has 24 heavy (non-hydrogen) atoms. The van der Waals surface area contributed by atoms with E-state index in [2.05, 4.69) is 6.92 Å². The monoisotopic (exact) mass is 327 g/mol. The number of carbonyl (C=O) groups is 1. The van der Waals surface area contributed by atoms with Gasteiger partial charge in [-0.3, -0.25) is 4.79 Å². The van der Waals surface area contributed by atoms with Crippen LogP contribution in [0.1, 0.15) is 29.5 Å². The van der Waals surface area contributed by atoms with E-state index < -0.39 is 11.9 Å². The van der Waals surface area contributed by atoms with Crippen molar-refractivity contribution in [3.63, 3.8) is 0 Å². The first-order valence-electron chi connectivity index (χ1n) is 8.12. The van der Waals surface area contributed by atoms with E-state index in [-0.39, 0.29) is 0 Å². The zero-order valence-corrected chi connectivity index (χ0v) is 14.7. The summed E-state index contributed by atoms with van der Waals surface area (Å²) < 4.78 is 5.41. The second-order valence-corrected chi connectivity index (χ2v) is 6.08. The first-order valence-corrected chi connectivity index (χ1v) is 8.12. The van der Waals surface area contributed by atoms with Crippen LogP contribution in [0.25, 0.3) is 0 Å². The molecule has 4 nitrogen and oxygen atoms in total. The van der Waals surface area contributed by atoms with Gasteiger partial charge in [-0.1, -0.05) is 31.2 Å². The maximum atomic E-state index is 11.8. The summed E-state index contributed by atoms with van der Waals surface area (Å²) in [7, 11) is 5.54. The highest BCUT2D eigenvalue weighted by Crippen LogP contribution is 2.29. The highest BCUT2D eigenvalue weighted by atomic mass is 16.5. The van der Waals surface area contributed by atoms with Crippen molar-refractivity contribution in [2.24, 2.45) is 0 Å². The molecule has 1 N–H and O–H groups in total. The molecule has 0 aliphatic carbocycles. The Morgan fingerprint density at radius 1 is 1.17 bits per heavy atom. The fourth-order valence-corrected chi connectivity index (χ4v) is 2.78. The third-order valence-corrected chi connectivity index (χ3v) is 4.29. The summed E-state index contributed by atoms with van der Waals surface area (Å²) in [6.45, 7) is 2.08. The summed E-state index contributed by atoms with van der Waals surface area (Å²) in [5, 5.41) is 9.71. The minimum Gasteiger partial charge on any atom is -0.496 e. The van der Waals surface area contributed by atoms with E-state index in [1.165, 1.54) is 5.56 Å².